The van der Waals surface area contributed by atoms with Gasteiger partial charge >= 0.3 is 0 Å². The highest BCUT2D eigenvalue weighted by atomic mass is 35.5. The highest BCUT2D eigenvalue weighted by Gasteiger charge is 2.34. The van der Waals surface area contributed by atoms with Crippen molar-refractivity contribution in [1.82, 2.24) is 9.29 Å². The van der Waals surface area contributed by atoms with Crippen molar-refractivity contribution in [3.63, 3.8) is 0 Å². The van der Waals surface area contributed by atoms with Crippen molar-refractivity contribution in [2.45, 2.75) is 35.5 Å². The van der Waals surface area contributed by atoms with Gasteiger partial charge in [0.15, 0.2) is 8.68 Å². The number of hydrogen-bond acceptors (Lipinski definition) is 5. The minimum atomic E-state index is -3.45. The summed E-state index contributed by atoms with van der Waals surface area (Å²) >= 11 is 8.64. The molecular weight excluding hydrogens is 312 g/mol. The van der Waals surface area contributed by atoms with Gasteiger partial charge in [0, 0.05) is 23.6 Å². The second kappa shape index (κ2) is 5.28. The van der Waals surface area contributed by atoms with E-state index in [0.717, 1.165) is 11.3 Å². The van der Waals surface area contributed by atoms with Crippen LogP contribution in [0, 0.1) is 6.92 Å². The van der Waals surface area contributed by atoms with Crippen LogP contribution < -0.4 is 0 Å². The van der Waals surface area contributed by atoms with Crippen LogP contribution in [0.15, 0.2) is 4.21 Å². The molecule has 102 valence electrons. The van der Waals surface area contributed by atoms with Gasteiger partial charge in [0.2, 0.25) is 0 Å². The Labute approximate surface area is 121 Å². The molecular formula is C10H15ClN2O2S3. The van der Waals surface area contributed by atoms with E-state index in [0.29, 0.717) is 29.3 Å². The average molecular weight is 327 g/mol. The van der Waals surface area contributed by atoms with Gasteiger partial charge in [-0.05, 0) is 6.92 Å². The number of hydrogen-bond donors (Lipinski definition) is 0. The lowest BCUT2D eigenvalue weighted by Gasteiger charge is -2.33. The molecule has 0 aromatic carbocycles. The SMILES string of the molecule is Cc1nc(Cl)sc1S(=O)(=O)N1CC(C)SC(C)C1. The van der Waals surface area contributed by atoms with Crippen LogP contribution in [0.5, 0.6) is 0 Å². The van der Waals surface area contributed by atoms with E-state index in [9.17, 15) is 8.42 Å². The third kappa shape index (κ3) is 2.85. The molecule has 0 N–H and O–H groups in total. The molecule has 1 saturated heterocycles. The highest BCUT2D eigenvalue weighted by Crippen LogP contribution is 2.33. The summed E-state index contributed by atoms with van der Waals surface area (Å²) < 4.78 is 27.2. The first-order valence-corrected chi connectivity index (χ1v) is 9.17. The molecule has 0 spiro atoms. The predicted molar refractivity (Wildman–Crippen MR) is 77.1 cm³/mol. The topological polar surface area (TPSA) is 50.3 Å². The molecule has 0 radical (unpaired) electrons. The minimum absolute atomic E-state index is 0.276. The first-order valence-electron chi connectivity index (χ1n) is 5.59. The van der Waals surface area contributed by atoms with Gasteiger partial charge < -0.3 is 0 Å². The number of rotatable bonds is 2. The van der Waals surface area contributed by atoms with Crippen LogP contribution in [-0.2, 0) is 10.0 Å². The van der Waals surface area contributed by atoms with E-state index in [-0.39, 0.29) is 8.68 Å². The van der Waals surface area contributed by atoms with Crippen LogP contribution in [-0.4, -0.2) is 41.3 Å². The third-order valence-electron chi connectivity index (χ3n) is 2.69. The number of halogens is 1. The normalized spacial score (nSPS) is 26.4. The Morgan fingerprint density at radius 3 is 2.33 bits per heavy atom. The van der Waals surface area contributed by atoms with Crippen molar-refractivity contribution >= 4 is 44.7 Å². The van der Waals surface area contributed by atoms with Gasteiger partial charge in [-0.15, -0.1) is 0 Å². The molecule has 1 fully saturated rings. The number of thioether (sulfide) groups is 1. The predicted octanol–water partition coefficient (Wildman–Crippen LogP) is 2.62. The van der Waals surface area contributed by atoms with Crippen LogP contribution in [0.4, 0.5) is 0 Å². The Morgan fingerprint density at radius 2 is 1.89 bits per heavy atom. The zero-order valence-corrected chi connectivity index (χ0v) is 13.6. The van der Waals surface area contributed by atoms with Crippen molar-refractivity contribution in [1.29, 1.82) is 0 Å². The zero-order valence-electron chi connectivity index (χ0n) is 10.4. The van der Waals surface area contributed by atoms with E-state index < -0.39 is 10.0 Å². The van der Waals surface area contributed by atoms with Gasteiger partial charge in [-0.3, -0.25) is 0 Å². The monoisotopic (exact) mass is 326 g/mol. The molecule has 1 aliphatic rings. The number of aromatic nitrogens is 1. The number of nitrogens with zero attached hydrogens (tertiary/aromatic N) is 2. The van der Waals surface area contributed by atoms with E-state index in [1.54, 1.807) is 11.2 Å². The summed E-state index contributed by atoms with van der Waals surface area (Å²) in [6, 6.07) is 0. The van der Waals surface area contributed by atoms with Crippen LogP contribution in [0.25, 0.3) is 0 Å². The second-order valence-electron chi connectivity index (χ2n) is 4.42. The van der Waals surface area contributed by atoms with E-state index in [4.69, 9.17) is 11.6 Å². The summed E-state index contributed by atoms with van der Waals surface area (Å²) in [7, 11) is -3.45. The molecule has 1 aromatic heterocycles. The first kappa shape index (κ1) is 14.6. The van der Waals surface area contributed by atoms with E-state index >= 15 is 0 Å². The van der Waals surface area contributed by atoms with Gasteiger partial charge in [0.25, 0.3) is 10.0 Å². The standard InChI is InChI=1S/C10H15ClN2O2S3/c1-6-4-13(5-7(2)16-6)18(14,15)9-8(3)12-10(11)17-9/h6-7H,4-5H2,1-3H3. The molecule has 4 nitrogen and oxygen atoms in total. The fourth-order valence-electron chi connectivity index (χ4n) is 2.03. The van der Waals surface area contributed by atoms with Crippen LogP contribution in [0.3, 0.4) is 0 Å². The molecule has 2 rings (SSSR count). The van der Waals surface area contributed by atoms with Crippen molar-refractivity contribution in [3.8, 4) is 0 Å². The fourth-order valence-corrected chi connectivity index (χ4v) is 7.04. The number of sulfonamides is 1. The van der Waals surface area contributed by atoms with Gasteiger partial charge in [-0.1, -0.05) is 36.8 Å². The van der Waals surface area contributed by atoms with Crippen LogP contribution >= 0.6 is 34.7 Å². The lowest BCUT2D eigenvalue weighted by molar-refractivity contribution is 0.405. The van der Waals surface area contributed by atoms with E-state index in [2.05, 4.69) is 18.8 Å². The van der Waals surface area contributed by atoms with E-state index in [1.807, 2.05) is 11.8 Å². The molecule has 0 aliphatic carbocycles. The molecule has 8 heteroatoms. The van der Waals surface area contributed by atoms with Crippen molar-refractivity contribution in [2.24, 2.45) is 0 Å². The number of thiazole rings is 1. The van der Waals surface area contributed by atoms with Crippen molar-refractivity contribution in [3.05, 3.63) is 10.2 Å². The summed E-state index contributed by atoms with van der Waals surface area (Å²) in [6.07, 6.45) is 0. The van der Waals surface area contributed by atoms with Crippen molar-refractivity contribution < 1.29 is 8.42 Å². The van der Waals surface area contributed by atoms with Gasteiger partial charge in [0.1, 0.15) is 0 Å². The molecule has 0 bridgehead atoms. The number of aryl methyl sites for hydroxylation is 1. The highest BCUT2D eigenvalue weighted by molar-refractivity contribution is 8.00. The molecule has 2 unspecified atom stereocenters. The second-order valence-corrected chi connectivity index (χ2v) is 10.0. The van der Waals surface area contributed by atoms with Gasteiger partial charge in [0.05, 0.1) is 5.69 Å². The molecule has 2 atom stereocenters. The average Bonchev–Trinajstić information content (AvgIpc) is 2.57. The maximum atomic E-state index is 12.5. The molecule has 1 aliphatic heterocycles. The van der Waals surface area contributed by atoms with Gasteiger partial charge in [-0.2, -0.15) is 16.1 Å². The lowest BCUT2D eigenvalue weighted by atomic mass is 10.4. The van der Waals surface area contributed by atoms with Gasteiger partial charge in [-0.25, -0.2) is 13.4 Å². The summed E-state index contributed by atoms with van der Waals surface area (Å²) in [4.78, 5) is 3.98. The first-order chi connectivity index (χ1) is 8.30. The molecule has 1 aromatic rings. The Balaban J connectivity index is 2.34. The molecule has 0 saturated carbocycles. The summed E-state index contributed by atoms with van der Waals surface area (Å²) in [6.45, 7) is 6.88. The summed E-state index contributed by atoms with van der Waals surface area (Å²) in [5.41, 5.74) is 0.489. The molecule has 0 amide bonds. The Kier molecular flexibility index (Phi) is 4.28. The Morgan fingerprint density at radius 1 is 1.33 bits per heavy atom. The fraction of sp³-hybridized carbons (Fsp3) is 0.700. The maximum Gasteiger partial charge on any atom is 0.254 e. The minimum Gasteiger partial charge on any atom is -0.229 e. The largest absolute Gasteiger partial charge is 0.254 e. The lowest BCUT2D eigenvalue weighted by Crippen LogP contribution is -2.43. The smallest absolute Gasteiger partial charge is 0.229 e. The molecule has 18 heavy (non-hydrogen) atoms. The summed E-state index contributed by atoms with van der Waals surface area (Å²) in [5, 5.41) is 0.624. The van der Waals surface area contributed by atoms with Crippen LogP contribution in [0.2, 0.25) is 4.47 Å². The molecule has 2 heterocycles. The van der Waals surface area contributed by atoms with Crippen LogP contribution in [0.1, 0.15) is 19.5 Å². The van der Waals surface area contributed by atoms with Crippen molar-refractivity contribution in [2.75, 3.05) is 13.1 Å². The third-order valence-corrected chi connectivity index (χ3v) is 7.60. The maximum absolute atomic E-state index is 12.5. The summed E-state index contributed by atoms with van der Waals surface area (Å²) in [5.74, 6) is 0. The quantitative estimate of drug-likeness (QED) is 0.838. The van der Waals surface area contributed by atoms with E-state index in [1.165, 1.54) is 0 Å². The zero-order chi connectivity index (χ0) is 13.5. The Bertz CT molecular complexity index is 533. The Hall–Kier alpha value is 0.180.